The van der Waals surface area contributed by atoms with Crippen LogP contribution in [-0.2, 0) is 0 Å². The molecule has 0 saturated carbocycles. The van der Waals surface area contributed by atoms with Crippen molar-refractivity contribution >= 4 is 17.3 Å². The zero-order chi connectivity index (χ0) is 12.3. The van der Waals surface area contributed by atoms with E-state index in [1.54, 1.807) is 24.3 Å². The Hall–Kier alpha value is -2.21. The van der Waals surface area contributed by atoms with Crippen molar-refractivity contribution in [2.45, 2.75) is 0 Å². The lowest BCUT2D eigenvalue weighted by molar-refractivity contribution is 0.579. The van der Waals surface area contributed by atoms with Crippen LogP contribution in [0.1, 0.15) is 0 Å². The molecule has 4 nitrogen and oxygen atoms in total. The number of hydrogen-bond acceptors (Lipinski definition) is 4. The van der Waals surface area contributed by atoms with Crippen LogP contribution in [-0.4, -0.2) is 4.98 Å². The summed E-state index contributed by atoms with van der Waals surface area (Å²) in [6, 6.07) is 9.58. The van der Waals surface area contributed by atoms with Crippen molar-refractivity contribution in [2.75, 3.05) is 10.7 Å². The van der Waals surface area contributed by atoms with E-state index < -0.39 is 11.6 Å². The molecule has 0 bridgehead atoms. The van der Waals surface area contributed by atoms with Crippen LogP contribution in [0.25, 0.3) is 0 Å². The molecule has 88 valence electrons. The standard InChI is InChI=1S/C11H10F2N4/c12-8-6-9(13)11(17-14)16-10(8)15-7-4-2-1-3-5-7/h1-6H,14H2,(H2,15,16,17). The van der Waals surface area contributed by atoms with Crippen molar-refractivity contribution in [3.05, 3.63) is 48.0 Å². The van der Waals surface area contributed by atoms with Crippen molar-refractivity contribution in [3.63, 3.8) is 0 Å². The summed E-state index contributed by atoms with van der Waals surface area (Å²) in [5.41, 5.74) is 2.70. The van der Waals surface area contributed by atoms with Crippen LogP contribution in [0.2, 0.25) is 0 Å². The van der Waals surface area contributed by atoms with Crippen molar-refractivity contribution in [3.8, 4) is 0 Å². The van der Waals surface area contributed by atoms with Crippen molar-refractivity contribution in [1.82, 2.24) is 4.98 Å². The lowest BCUT2D eigenvalue weighted by Gasteiger charge is -2.09. The molecule has 0 unspecified atom stereocenters. The van der Waals surface area contributed by atoms with Gasteiger partial charge in [0.1, 0.15) is 0 Å². The molecule has 0 aliphatic rings. The van der Waals surface area contributed by atoms with Gasteiger partial charge in [0.25, 0.3) is 0 Å². The largest absolute Gasteiger partial charge is 0.338 e. The molecule has 0 atom stereocenters. The second-order valence-electron chi connectivity index (χ2n) is 3.28. The number of para-hydroxylation sites is 1. The Kier molecular flexibility index (Phi) is 3.15. The van der Waals surface area contributed by atoms with Gasteiger partial charge in [-0.05, 0) is 12.1 Å². The molecule has 0 saturated heterocycles. The molecule has 1 aromatic carbocycles. The maximum absolute atomic E-state index is 13.4. The highest BCUT2D eigenvalue weighted by Gasteiger charge is 2.10. The van der Waals surface area contributed by atoms with E-state index in [2.05, 4.69) is 15.7 Å². The average molecular weight is 236 g/mol. The van der Waals surface area contributed by atoms with E-state index in [4.69, 9.17) is 5.84 Å². The zero-order valence-corrected chi connectivity index (χ0v) is 8.74. The highest BCUT2D eigenvalue weighted by atomic mass is 19.1. The highest BCUT2D eigenvalue weighted by Crippen LogP contribution is 2.21. The number of hydrogen-bond donors (Lipinski definition) is 3. The molecule has 17 heavy (non-hydrogen) atoms. The molecular weight excluding hydrogens is 226 g/mol. The number of nitrogens with one attached hydrogen (secondary N) is 2. The lowest BCUT2D eigenvalue weighted by atomic mass is 10.3. The van der Waals surface area contributed by atoms with Gasteiger partial charge in [0.15, 0.2) is 23.3 Å². The van der Waals surface area contributed by atoms with E-state index in [0.717, 1.165) is 0 Å². The molecule has 4 N–H and O–H groups in total. The van der Waals surface area contributed by atoms with Gasteiger partial charge in [-0.15, -0.1) is 0 Å². The van der Waals surface area contributed by atoms with Crippen molar-refractivity contribution < 1.29 is 8.78 Å². The number of nitrogens with two attached hydrogens (primary N) is 1. The number of nitrogens with zero attached hydrogens (tertiary/aromatic N) is 1. The first kappa shape index (κ1) is 11.3. The Labute approximate surface area is 96.4 Å². The number of aromatic nitrogens is 1. The number of hydrazine groups is 1. The van der Waals surface area contributed by atoms with Gasteiger partial charge in [0, 0.05) is 11.8 Å². The van der Waals surface area contributed by atoms with Crippen LogP contribution in [0.4, 0.5) is 26.1 Å². The first-order valence-corrected chi connectivity index (χ1v) is 4.85. The highest BCUT2D eigenvalue weighted by molar-refractivity contribution is 5.58. The summed E-state index contributed by atoms with van der Waals surface area (Å²) in [6.45, 7) is 0. The minimum absolute atomic E-state index is 0.0921. The Morgan fingerprint density at radius 1 is 1.00 bits per heavy atom. The fourth-order valence-corrected chi connectivity index (χ4v) is 1.31. The normalized spacial score (nSPS) is 10.1. The van der Waals surface area contributed by atoms with Gasteiger partial charge in [-0.2, -0.15) is 0 Å². The molecule has 1 heterocycles. The zero-order valence-electron chi connectivity index (χ0n) is 8.74. The first-order chi connectivity index (χ1) is 8.20. The molecule has 0 radical (unpaired) electrons. The third-order valence-electron chi connectivity index (χ3n) is 2.10. The number of pyridine rings is 1. The van der Waals surface area contributed by atoms with Crippen molar-refractivity contribution in [1.29, 1.82) is 0 Å². The van der Waals surface area contributed by atoms with Crippen LogP contribution in [0.15, 0.2) is 36.4 Å². The minimum Gasteiger partial charge on any atom is -0.338 e. The fraction of sp³-hybridized carbons (Fsp3) is 0. The summed E-state index contributed by atoms with van der Waals surface area (Å²) in [5.74, 6) is 3.12. The predicted octanol–water partition coefficient (Wildman–Crippen LogP) is 2.39. The van der Waals surface area contributed by atoms with E-state index in [1.807, 2.05) is 6.07 Å². The number of benzene rings is 1. The first-order valence-electron chi connectivity index (χ1n) is 4.85. The number of rotatable bonds is 3. The predicted molar refractivity (Wildman–Crippen MR) is 61.7 cm³/mol. The monoisotopic (exact) mass is 236 g/mol. The maximum atomic E-state index is 13.4. The van der Waals surface area contributed by atoms with Crippen LogP contribution in [0.5, 0.6) is 0 Å². The molecule has 0 amide bonds. The SMILES string of the molecule is NNc1nc(Nc2ccccc2)c(F)cc1F. The van der Waals surface area contributed by atoms with Gasteiger partial charge in [-0.25, -0.2) is 19.6 Å². The molecule has 0 fully saturated rings. The molecule has 0 aliphatic carbocycles. The van der Waals surface area contributed by atoms with E-state index in [9.17, 15) is 8.78 Å². The third-order valence-corrected chi connectivity index (χ3v) is 2.10. The van der Waals surface area contributed by atoms with Crippen LogP contribution < -0.4 is 16.6 Å². The van der Waals surface area contributed by atoms with Gasteiger partial charge in [0.2, 0.25) is 0 Å². The molecule has 6 heteroatoms. The molecule has 2 rings (SSSR count). The number of nitrogen functional groups attached to an aromatic ring is 1. The van der Waals surface area contributed by atoms with E-state index >= 15 is 0 Å². The smallest absolute Gasteiger partial charge is 0.178 e. The molecule has 0 aliphatic heterocycles. The lowest BCUT2D eigenvalue weighted by Crippen LogP contribution is -2.12. The fourth-order valence-electron chi connectivity index (χ4n) is 1.31. The molecule has 1 aromatic heterocycles. The summed E-state index contributed by atoms with van der Waals surface area (Å²) in [4.78, 5) is 3.69. The Balaban J connectivity index is 2.33. The maximum Gasteiger partial charge on any atom is 0.178 e. The van der Waals surface area contributed by atoms with Gasteiger partial charge >= 0.3 is 0 Å². The summed E-state index contributed by atoms with van der Waals surface area (Å²) < 4.78 is 26.5. The van der Waals surface area contributed by atoms with Gasteiger partial charge < -0.3 is 10.7 Å². The number of halogens is 2. The summed E-state index contributed by atoms with van der Waals surface area (Å²) in [7, 11) is 0. The third kappa shape index (κ3) is 2.48. The topological polar surface area (TPSA) is 63.0 Å². The molecule has 2 aromatic rings. The Morgan fingerprint density at radius 3 is 2.29 bits per heavy atom. The van der Waals surface area contributed by atoms with E-state index in [1.165, 1.54) is 0 Å². The van der Waals surface area contributed by atoms with E-state index in [-0.39, 0.29) is 11.6 Å². The van der Waals surface area contributed by atoms with Crippen LogP contribution in [0, 0.1) is 11.6 Å². The van der Waals surface area contributed by atoms with Crippen LogP contribution >= 0.6 is 0 Å². The van der Waals surface area contributed by atoms with Gasteiger partial charge in [0.05, 0.1) is 0 Å². The van der Waals surface area contributed by atoms with Gasteiger partial charge in [-0.1, -0.05) is 18.2 Å². The molecule has 0 spiro atoms. The summed E-state index contributed by atoms with van der Waals surface area (Å²) in [6.07, 6.45) is 0. The second-order valence-corrected chi connectivity index (χ2v) is 3.28. The number of anilines is 3. The average Bonchev–Trinajstić information content (AvgIpc) is 2.34. The van der Waals surface area contributed by atoms with E-state index in [0.29, 0.717) is 11.8 Å². The van der Waals surface area contributed by atoms with Crippen molar-refractivity contribution in [2.24, 2.45) is 5.84 Å². The summed E-state index contributed by atoms with van der Waals surface area (Å²) >= 11 is 0. The quantitative estimate of drug-likeness (QED) is 0.565. The summed E-state index contributed by atoms with van der Waals surface area (Å²) in [5, 5.41) is 2.73. The minimum atomic E-state index is -0.844. The Morgan fingerprint density at radius 2 is 1.65 bits per heavy atom. The van der Waals surface area contributed by atoms with Crippen LogP contribution in [0.3, 0.4) is 0 Å². The second kappa shape index (κ2) is 4.75. The molecular formula is C11H10F2N4. The van der Waals surface area contributed by atoms with Gasteiger partial charge in [-0.3, -0.25) is 0 Å². The Bertz CT molecular complexity index is 516.